The molecule has 3 heterocycles. The van der Waals surface area contributed by atoms with E-state index in [4.69, 9.17) is 5.26 Å². The largest absolute Gasteiger partial charge is 0.507 e. The van der Waals surface area contributed by atoms with Gasteiger partial charge in [0.1, 0.15) is 5.75 Å². The van der Waals surface area contributed by atoms with Crippen LogP contribution in [0, 0.1) is 18.3 Å². The zero-order valence-corrected chi connectivity index (χ0v) is 16.7. The summed E-state index contributed by atoms with van der Waals surface area (Å²) in [5, 5.41) is 28.6. The monoisotopic (exact) mass is 378 g/mol. The molecule has 2 aliphatic rings. The molecule has 0 radical (unpaired) electrons. The first-order chi connectivity index (χ1) is 13.5. The Bertz CT molecular complexity index is 914. The molecule has 1 fully saturated rings. The molecule has 4 rings (SSSR count). The zero-order valence-electron chi connectivity index (χ0n) is 16.7. The van der Waals surface area contributed by atoms with Gasteiger partial charge in [0.05, 0.1) is 23.0 Å². The lowest BCUT2D eigenvalue weighted by Crippen LogP contribution is -2.51. The number of aromatic nitrogens is 2. The van der Waals surface area contributed by atoms with Crippen LogP contribution in [0.5, 0.6) is 5.75 Å². The van der Waals surface area contributed by atoms with Crippen LogP contribution in [0.4, 0.5) is 11.5 Å². The second-order valence-electron chi connectivity index (χ2n) is 7.91. The minimum absolute atomic E-state index is 0.0648. The Morgan fingerprint density at radius 3 is 2.68 bits per heavy atom. The van der Waals surface area contributed by atoms with Gasteiger partial charge < -0.3 is 19.8 Å². The summed E-state index contributed by atoms with van der Waals surface area (Å²) in [6.45, 7) is 5.94. The standard InChI is InChI=1S/C21H26N6O/c1-14-9-15(12-22)10-19(28)20(14)17-11-18-21(24-23-17)27(8-7-26(18)3)16-5-4-6-25(2)13-16/h9-11,16,28H,4-8,13H2,1-3H3. The predicted octanol–water partition coefficient (Wildman–Crippen LogP) is 2.38. The number of phenols is 1. The van der Waals surface area contributed by atoms with E-state index in [2.05, 4.69) is 45.1 Å². The van der Waals surface area contributed by atoms with Crippen molar-refractivity contribution in [3.63, 3.8) is 0 Å². The molecule has 1 aromatic heterocycles. The maximum Gasteiger partial charge on any atom is 0.175 e. The van der Waals surface area contributed by atoms with E-state index in [0.717, 1.165) is 43.2 Å². The fourth-order valence-corrected chi connectivity index (χ4v) is 4.38. The molecule has 0 spiro atoms. The van der Waals surface area contributed by atoms with Crippen LogP contribution < -0.4 is 9.80 Å². The van der Waals surface area contributed by atoms with E-state index in [1.807, 2.05) is 13.0 Å². The van der Waals surface area contributed by atoms with Crippen LogP contribution in [0.1, 0.15) is 24.0 Å². The summed E-state index contributed by atoms with van der Waals surface area (Å²) in [6, 6.07) is 7.79. The topological polar surface area (TPSA) is 79.5 Å². The Balaban J connectivity index is 1.73. The number of fused-ring (bicyclic) bond motifs is 1. The van der Waals surface area contributed by atoms with Crippen molar-refractivity contribution in [1.29, 1.82) is 5.26 Å². The third kappa shape index (κ3) is 3.25. The van der Waals surface area contributed by atoms with Crippen LogP contribution in [0.3, 0.4) is 0 Å². The minimum atomic E-state index is 0.0648. The molecule has 146 valence electrons. The number of anilines is 2. The predicted molar refractivity (Wildman–Crippen MR) is 110 cm³/mol. The van der Waals surface area contributed by atoms with Gasteiger partial charge in [-0.25, -0.2) is 0 Å². The number of rotatable bonds is 2. The fraction of sp³-hybridized carbons (Fsp3) is 0.476. The summed E-state index contributed by atoms with van der Waals surface area (Å²) in [7, 11) is 4.24. The number of aromatic hydroxyl groups is 1. The van der Waals surface area contributed by atoms with Crippen molar-refractivity contribution in [3.8, 4) is 23.1 Å². The van der Waals surface area contributed by atoms with Gasteiger partial charge in [-0.2, -0.15) is 5.26 Å². The number of aryl methyl sites for hydroxylation is 1. The van der Waals surface area contributed by atoms with Gasteiger partial charge in [0.2, 0.25) is 0 Å². The van der Waals surface area contributed by atoms with E-state index in [0.29, 0.717) is 22.9 Å². The van der Waals surface area contributed by atoms with Crippen LogP contribution in [0.15, 0.2) is 18.2 Å². The number of likely N-dealkylation sites (tertiary alicyclic amines) is 1. The third-order valence-electron chi connectivity index (χ3n) is 5.85. The molecule has 1 N–H and O–H groups in total. The molecule has 0 bridgehead atoms. The Hall–Kier alpha value is -2.85. The van der Waals surface area contributed by atoms with Crippen molar-refractivity contribution in [1.82, 2.24) is 15.1 Å². The Morgan fingerprint density at radius 1 is 1.14 bits per heavy atom. The first kappa shape index (κ1) is 18.5. The van der Waals surface area contributed by atoms with Gasteiger partial charge in [-0.05, 0) is 57.1 Å². The highest BCUT2D eigenvalue weighted by atomic mass is 16.3. The van der Waals surface area contributed by atoms with Gasteiger partial charge in [0.15, 0.2) is 5.82 Å². The smallest absolute Gasteiger partial charge is 0.175 e. The highest BCUT2D eigenvalue weighted by Crippen LogP contribution is 2.38. The summed E-state index contributed by atoms with van der Waals surface area (Å²) in [5.74, 6) is 0.985. The number of benzene rings is 1. The quantitative estimate of drug-likeness (QED) is 0.859. The summed E-state index contributed by atoms with van der Waals surface area (Å²) in [5.41, 5.74) is 3.56. The van der Waals surface area contributed by atoms with E-state index in [1.54, 1.807) is 6.07 Å². The van der Waals surface area contributed by atoms with E-state index >= 15 is 0 Å². The lowest BCUT2D eigenvalue weighted by molar-refractivity contribution is 0.243. The van der Waals surface area contributed by atoms with E-state index in [1.165, 1.54) is 18.9 Å². The summed E-state index contributed by atoms with van der Waals surface area (Å²) < 4.78 is 0. The number of hydrogen-bond donors (Lipinski definition) is 1. The van der Waals surface area contributed by atoms with E-state index in [-0.39, 0.29) is 5.75 Å². The number of nitrogens with zero attached hydrogens (tertiary/aromatic N) is 6. The molecule has 1 saturated heterocycles. The van der Waals surface area contributed by atoms with E-state index in [9.17, 15) is 5.11 Å². The van der Waals surface area contributed by atoms with Gasteiger partial charge in [0, 0.05) is 38.3 Å². The second-order valence-corrected chi connectivity index (χ2v) is 7.91. The number of piperidine rings is 1. The van der Waals surface area contributed by atoms with Crippen molar-refractivity contribution in [2.24, 2.45) is 0 Å². The van der Waals surface area contributed by atoms with Crippen LogP contribution >= 0.6 is 0 Å². The molecular weight excluding hydrogens is 352 g/mol. The SMILES string of the molecule is Cc1cc(C#N)cc(O)c1-c1cc2c(nn1)N(C1CCCN(C)C1)CCN2C. The van der Waals surface area contributed by atoms with Crippen molar-refractivity contribution in [2.45, 2.75) is 25.8 Å². The average molecular weight is 378 g/mol. The number of hydrogen-bond acceptors (Lipinski definition) is 7. The maximum absolute atomic E-state index is 10.5. The van der Waals surface area contributed by atoms with Gasteiger partial charge in [0.25, 0.3) is 0 Å². The average Bonchev–Trinajstić information content (AvgIpc) is 2.68. The van der Waals surface area contributed by atoms with Crippen molar-refractivity contribution >= 4 is 11.5 Å². The Labute approximate surface area is 165 Å². The molecule has 1 aromatic carbocycles. The van der Waals surface area contributed by atoms with E-state index < -0.39 is 0 Å². The van der Waals surface area contributed by atoms with Crippen LogP contribution in [0.2, 0.25) is 0 Å². The van der Waals surface area contributed by atoms with Crippen LogP contribution in [-0.2, 0) is 0 Å². The molecule has 0 amide bonds. The molecule has 7 nitrogen and oxygen atoms in total. The molecule has 0 saturated carbocycles. The molecule has 28 heavy (non-hydrogen) atoms. The molecule has 2 aliphatic heterocycles. The molecule has 1 unspecified atom stereocenters. The normalized spacial score (nSPS) is 20.0. The second kappa shape index (κ2) is 7.28. The fourth-order valence-electron chi connectivity index (χ4n) is 4.38. The van der Waals surface area contributed by atoms with Gasteiger partial charge >= 0.3 is 0 Å². The van der Waals surface area contributed by atoms with Gasteiger partial charge in [-0.15, -0.1) is 10.2 Å². The molecule has 2 aromatic rings. The lowest BCUT2D eigenvalue weighted by Gasteiger charge is -2.43. The zero-order chi connectivity index (χ0) is 19.8. The first-order valence-corrected chi connectivity index (χ1v) is 9.76. The summed E-state index contributed by atoms with van der Waals surface area (Å²) in [4.78, 5) is 6.98. The Morgan fingerprint density at radius 2 is 1.96 bits per heavy atom. The number of likely N-dealkylation sites (N-methyl/N-ethyl adjacent to an activating group) is 2. The van der Waals surface area contributed by atoms with Crippen molar-refractivity contribution in [3.05, 3.63) is 29.3 Å². The highest BCUT2D eigenvalue weighted by Gasteiger charge is 2.31. The minimum Gasteiger partial charge on any atom is -0.507 e. The highest BCUT2D eigenvalue weighted by molar-refractivity contribution is 5.78. The lowest BCUT2D eigenvalue weighted by atomic mass is 10.00. The number of phenolic OH excluding ortho intramolecular Hbond substituents is 1. The molecule has 1 atom stereocenters. The van der Waals surface area contributed by atoms with Crippen molar-refractivity contribution < 1.29 is 5.11 Å². The van der Waals surface area contributed by atoms with Crippen molar-refractivity contribution in [2.75, 3.05) is 50.1 Å². The van der Waals surface area contributed by atoms with Crippen LogP contribution in [0.25, 0.3) is 11.3 Å². The molecule has 7 heteroatoms. The summed E-state index contributed by atoms with van der Waals surface area (Å²) in [6.07, 6.45) is 2.37. The van der Waals surface area contributed by atoms with Crippen LogP contribution in [-0.4, -0.2) is 66.5 Å². The summed E-state index contributed by atoms with van der Waals surface area (Å²) >= 11 is 0. The third-order valence-corrected chi connectivity index (χ3v) is 5.85. The first-order valence-electron chi connectivity index (χ1n) is 9.76. The van der Waals surface area contributed by atoms with Gasteiger partial charge in [-0.3, -0.25) is 0 Å². The maximum atomic E-state index is 10.5. The van der Waals surface area contributed by atoms with Gasteiger partial charge in [-0.1, -0.05) is 0 Å². The number of nitriles is 1. The Kier molecular flexibility index (Phi) is 4.82. The molecule has 0 aliphatic carbocycles. The molecular formula is C21H26N6O.